The molecule has 18 heavy (non-hydrogen) atoms. The lowest BCUT2D eigenvalue weighted by Gasteiger charge is -2.14. The third-order valence-corrected chi connectivity index (χ3v) is 2.71. The number of benzene rings is 2. The third kappa shape index (κ3) is 2.87. The normalized spacial score (nSPS) is 12.2. The summed E-state index contributed by atoms with van der Waals surface area (Å²) in [6.45, 7) is 1.90. The summed E-state index contributed by atoms with van der Waals surface area (Å²) in [5.41, 5.74) is 0.740. The lowest BCUT2D eigenvalue weighted by Crippen LogP contribution is -1.98. The van der Waals surface area contributed by atoms with Gasteiger partial charge in [-0.25, -0.2) is 4.39 Å². The summed E-state index contributed by atoms with van der Waals surface area (Å²) in [7, 11) is 0. The molecule has 0 heterocycles. The molecule has 0 aliphatic rings. The number of aliphatic hydroxyl groups excluding tert-OH is 1. The van der Waals surface area contributed by atoms with Crippen LogP contribution in [-0.2, 0) is 0 Å². The van der Waals surface area contributed by atoms with E-state index in [4.69, 9.17) is 4.74 Å². The SMILES string of the molecule is CC[C@@H](O)c1ccccc1Oc1ccc(F)cc1. The van der Waals surface area contributed by atoms with E-state index in [2.05, 4.69) is 0 Å². The molecule has 1 N–H and O–H groups in total. The highest BCUT2D eigenvalue weighted by molar-refractivity contribution is 5.39. The Hall–Kier alpha value is -1.87. The molecule has 0 radical (unpaired) electrons. The van der Waals surface area contributed by atoms with Crippen LogP contribution in [0.2, 0.25) is 0 Å². The predicted octanol–water partition coefficient (Wildman–Crippen LogP) is 4.06. The molecule has 0 bridgehead atoms. The van der Waals surface area contributed by atoms with Crippen molar-refractivity contribution >= 4 is 0 Å². The first-order valence-electron chi connectivity index (χ1n) is 5.91. The summed E-state index contributed by atoms with van der Waals surface area (Å²) in [6.07, 6.45) is 0.0608. The molecule has 0 aliphatic carbocycles. The van der Waals surface area contributed by atoms with Gasteiger partial charge in [-0.15, -0.1) is 0 Å². The van der Waals surface area contributed by atoms with Gasteiger partial charge >= 0.3 is 0 Å². The summed E-state index contributed by atoms with van der Waals surface area (Å²) in [5.74, 6) is 0.842. The Morgan fingerprint density at radius 2 is 1.78 bits per heavy atom. The van der Waals surface area contributed by atoms with Crippen molar-refractivity contribution in [1.82, 2.24) is 0 Å². The number of para-hydroxylation sites is 1. The lowest BCUT2D eigenvalue weighted by atomic mass is 10.1. The predicted molar refractivity (Wildman–Crippen MR) is 68.2 cm³/mol. The first-order valence-corrected chi connectivity index (χ1v) is 5.91. The fraction of sp³-hybridized carbons (Fsp3) is 0.200. The van der Waals surface area contributed by atoms with Crippen molar-refractivity contribution in [3.8, 4) is 11.5 Å². The Bertz CT molecular complexity index is 508. The van der Waals surface area contributed by atoms with Crippen LogP contribution in [0, 0.1) is 5.82 Å². The maximum Gasteiger partial charge on any atom is 0.133 e. The van der Waals surface area contributed by atoms with Crippen LogP contribution in [0.1, 0.15) is 25.0 Å². The van der Waals surface area contributed by atoms with Crippen LogP contribution in [0.15, 0.2) is 48.5 Å². The van der Waals surface area contributed by atoms with E-state index in [-0.39, 0.29) is 5.82 Å². The fourth-order valence-corrected chi connectivity index (χ4v) is 1.70. The Balaban J connectivity index is 2.26. The number of rotatable bonds is 4. The van der Waals surface area contributed by atoms with Crippen LogP contribution in [0.25, 0.3) is 0 Å². The zero-order chi connectivity index (χ0) is 13.0. The summed E-state index contributed by atoms with van der Waals surface area (Å²) >= 11 is 0. The fourth-order valence-electron chi connectivity index (χ4n) is 1.70. The van der Waals surface area contributed by atoms with Crippen molar-refractivity contribution in [2.75, 3.05) is 0 Å². The highest BCUT2D eigenvalue weighted by Crippen LogP contribution is 2.30. The van der Waals surface area contributed by atoms with Gasteiger partial charge in [0.05, 0.1) is 6.10 Å². The molecule has 0 aromatic heterocycles. The molecular formula is C15H15FO2. The van der Waals surface area contributed by atoms with E-state index in [1.807, 2.05) is 25.1 Å². The largest absolute Gasteiger partial charge is 0.457 e. The van der Waals surface area contributed by atoms with Gasteiger partial charge in [0.15, 0.2) is 0 Å². The van der Waals surface area contributed by atoms with Crippen LogP contribution in [0.5, 0.6) is 11.5 Å². The zero-order valence-electron chi connectivity index (χ0n) is 10.1. The Morgan fingerprint density at radius 3 is 2.44 bits per heavy atom. The quantitative estimate of drug-likeness (QED) is 0.881. The van der Waals surface area contributed by atoms with Gasteiger partial charge in [0.25, 0.3) is 0 Å². The average Bonchev–Trinajstić information content (AvgIpc) is 2.41. The molecule has 94 valence electrons. The van der Waals surface area contributed by atoms with E-state index in [1.54, 1.807) is 18.2 Å². The summed E-state index contributed by atoms with van der Waals surface area (Å²) in [6, 6.07) is 13.1. The van der Waals surface area contributed by atoms with Gasteiger partial charge in [-0.3, -0.25) is 0 Å². The highest BCUT2D eigenvalue weighted by atomic mass is 19.1. The van der Waals surface area contributed by atoms with E-state index in [1.165, 1.54) is 12.1 Å². The molecule has 2 rings (SSSR count). The van der Waals surface area contributed by atoms with Crippen molar-refractivity contribution in [3.63, 3.8) is 0 Å². The maximum absolute atomic E-state index is 12.8. The molecule has 0 saturated heterocycles. The molecule has 2 nitrogen and oxygen atoms in total. The monoisotopic (exact) mass is 246 g/mol. The van der Waals surface area contributed by atoms with Gasteiger partial charge in [-0.05, 0) is 36.8 Å². The average molecular weight is 246 g/mol. The van der Waals surface area contributed by atoms with Gasteiger partial charge in [0.1, 0.15) is 17.3 Å². The highest BCUT2D eigenvalue weighted by Gasteiger charge is 2.11. The van der Waals surface area contributed by atoms with E-state index in [0.717, 1.165) is 5.56 Å². The second-order valence-corrected chi connectivity index (χ2v) is 4.02. The van der Waals surface area contributed by atoms with Crippen molar-refractivity contribution in [2.45, 2.75) is 19.4 Å². The minimum atomic E-state index is -0.554. The first-order chi connectivity index (χ1) is 8.70. The van der Waals surface area contributed by atoms with Crippen LogP contribution >= 0.6 is 0 Å². The summed E-state index contributed by atoms with van der Waals surface area (Å²) in [5, 5.41) is 9.89. The standard InChI is InChI=1S/C15H15FO2/c1-2-14(17)13-5-3-4-6-15(13)18-12-9-7-11(16)8-10-12/h3-10,14,17H,2H2,1H3/t14-/m1/s1. The number of aliphatic hydroxyl groups is 1. The van der Waals surface area contributed by atoms with Gasteiger partial charge in [0, 0.05) is 5.56 Å². The van der Waals surface area contributed by atoms with Crippen LogP contribution < -0.4 is 4.74 Å². The summed E-state index contributed by atoms with van der Waals surface area (Å²) < 4.78 is 18.5. The van der Waals surface area contributed by atoms with Gasteiger partial charge in [0.2, 0.25) is 0 Å². The first kappa shape index (κ1) is 12.6. The molecule has 0 saturated carbocycles. The zero-order valence-corrected chi connectivity index (χ0v) is 10.1. The molecule has 1 atom stereocenters. The van der Waals surface area contributed by atoms with Crippen molar-refractivity contribution < 1.29 is 14.2 Å². The van der Waals surface area contributed by atoms with E-state index in [9.17, 15) is 9.50 Å². The number of hydrogen-bond donors (Lipinski definition) is 1. The molecule has 2 aromatic rings. The maximum atomic E-state index is 12.8. The van der Waals surface area contributed by atoms with Gasteiger partial charge in [-0.1, -0.05) is 25.1 Å². The van der Waals surface area contributed by atoms with E-state index in [0.29, 0.717) is 17.9 Å². The minimum absolute atomic E-state index is 0.302. The van der Waals surface area contributed by atoms with Crippen LogP contribution in [-0.4, -0.2) is 5.11 Å². The molecule has 0 spiro atoms. The molecule has 3 heteroatoms. The molecule has 0 unspecified atom stereocenters. The van der Waals surface area contributed by atoms with E-state index >= 15 is 0 Å². The van der Waals surface area contributed by atoms with E-state index < -0.39 is 6.10 Å². The van der Waals surface area contributed by atoms with Gasteiger partial charge in [-0.2, -0.15) is 0 Å². The Morgan fingerprint density at radius 1 is 1.11 bits per heavy atom. The smallest absolute Gasteiger partial charge is 0.133 e. The lowest BCUT2D eigenvalue weighted by molar-refractivity contribution is 0.170. The number of hydrogen-bond acceptors (Lipinski definition) is 2. The molecule has 0 fully saturated rings. The van der Waals surface area contributed by atoms with Gasteiger partial charge < -0.3 is 9.84 Å². The second kappa shape index (κ2) is 5.65. The van der Waals surface area contributed by atoms with Crippen molar-refractivity contribution in [3.05, 3.63) is 59.9 Å². The summed E-state index contributed by atoms with van der Waals surface area (Å²) in [4.78, 5) is 0. The molecule has 0 aliphatic heterocycles. The second-order valence-electron chi connectivity index (χ2n) is 4.02. The number of halogens is 1. The Kier molecular flexibility index (Phi) is 3.95. The number of ether oxygens (including phenoxy) is 1. The topological polar surface area (TPSA) is 29.5 Å². The third-order valence-electron chi connectivity index (χ3n) is 2.71. The van der Waals surface area contributed by atoms with Crippen molar-refractivity contribution in [1.29, 1.82) is 0 Å². The van der Waals surface area contributed by atoms with Crippen molar-refractivity contribution in [2.24, 2.45) is 0 Å². The molecule has 2 aromatic carbocycles. The molecular weight excluding hydrogens is 231 g/mol. The van der Waals surface area contributed by atoms with Crippen LogP contribution in [0.3, 0.4) is 0 Å². The minimum Gasteiger partial charge on any atom is -0.457 e. The molecule has 0 amide bonds. The van der Waals surface area contributed by atoms with Crippen LogP contribution in [0.4, 0.5) is 4.39 Å². The Labute approximate surface area is 106 Å².